The summed E-state index contributed by atoms with van der Waals surface area (Å²) in [7, 11) is 1.94. The first-order valence-corrected chi connectivity index (χ1v) is 8.03. The van der Waals surface area contributed by atoms with Gasteiger partial charge in [0.15, 0.2) is 0 Å². The first-order chi connectivity index (χ1) is 9.61. The number of hydrogen-bond donors (Lipinski definition) is 1. The van der Waals surface area contributed by atoms with Crippen molar-refractivity contribution in [3.63, 3.8) is 0 Å². The highest BCUT2D eigenvalue weighted by Crippen LogP contribution is 2.28. The van der Waals surface area contributed by atoms with Crippen LogP contribution in [0.2, 0.25) is 0 Å². The Morgan fingerprint density at radius 3 is 2.60 bits per heavy atom. The van der Waals surface area contributed by atoms with Crippen LogP contribution in [-0.4, -0.2) is 13.6 Å². The molecule has 1 N–H and O–H groups in total. The second-order valence-electron chi connectivity index (χ2n) is 4.73. The second-order valence-corrected chi connectivity index (χ2v) is 6.44. The Labute approximate surface area is 135 Å². The summed E-state index contributed by atoms with van der Waals surface area (Å²) in [4.78, 5) is 0. The summed E-state index contributed by atoms with van der Waals surface area (Å²) in [5, 5.41) is 3.22. The molecular weight excluding hydrogens is 385 g/mol. The molecule has 0 aliphatic heterocycles. The molecule has 0 fully saturated rings. The molecule has 2 rings (SSSR count). The fourth-order valence-corrected chi connectivity index (χ4v) is 3.13. The minimum Gasteiger partial charge on any atom is -0.319 e. The molecule has 4 heteroatoms. The van der Waals surface area contributed by atoms with Crippen LogP contribution < -0.4 is 5.32 Å². The summed E-state index contributed by atoms with van der Waals surface area (Å²) in [6.07, 6.45) is 0.787. The maximum atomic E-state index is 13.6. The second kappa shape index (κ2) is 7.34. The van der Waals surface area contributed by atoms with E-state index in [1.165, 1.54) is 11.6 Å². The molecule has 1 nitrogen and oxygen atoms in total. The molecule has 0 radical (unpaired) electrons. The number of benzene rings is 2. The summed E-state index contributed by atoms with van der Waals surface area (Å²) in [5.41, 5.74) is 2.23. The SMILES string of the molecule is CNCC(Cc1cccc(F)c1Br)c1cccc(Br)c1. The van der Waals surface area contributed by atoms with E-state index in [1.807, 2.05) is 25.2 Å². The van der Waals surface area contributed by atoms with E-state index in [2.05, 4.69) is 49.3 Å². The van der Waals surface area contributed by atoms with E-state index in [-0.39, 0.29) is 5.82 Å². The Kier molecular flexibility index (Phi) is 5.75. The number of likely N-dealkylation sites (N-methyl/N-ethyl adjacent to an activating group) is 1. The van der Waals surface area contributed by atoms with Crippen molar-refractivity contribution in [2.24, 2.45) is 0 Å². The van der Waals surface area contributed by atoms with Gasteiger partial charge in [-0.2, -0.15) is 0 Å². The fraction of sp³-hybridized carbons (Fsp3) is 0.250. The Balaban J connectivity index is 2.28. The molecule has 0 spiro atoms. The van der Waals surface area contributed by atoms with Gasteiger partial charge in [-0.1, -0.05) is 40.2 Å². The third-order valence-corrected chi connectivity index (χ3v) is 4.65. The van der Waals surface area contributed by atoms with Crippen LogP contribution in [0.4, 0.5) is 4.39 Å². The van der Waals surface area contributed by atoms with E-state index in [0.717, 1.165) is 23.0 Å². The Hall–Kier alpha value is -0.710. The van der Waals surface area contributed by atoms with Gasteiger partial charge in [0, 0.05) is 16.9 Å². The molecule has 20 heavy (non-hydrogen) atoms. The maximum absolute atomic E-state index is 13.6. The summed E-state index contributed by atoms with van der Waals surface area (Å²) in [6, 6.07) is 13.5. The molecule has 2 aromatic rings. The van der Waals surface area contributed by atoms with Gasteiger partial charge in [0.05, 0.1) is 4.47 Å². The van der Waals surface area contributed by atoms with E-state index >= 15 is 0 Å². The normalized spacial score (nSPS) is 12.4. The van der Waals surface area contributed by atoms with Gasteiger partial charge >= 0.3 is 0 Å². The van der Waals surface area contributed by atoms with Gasteiger partial charge in [-0.15, -0.1) is 0 Å². The standard InChI is InChI=1S/C16H16Br2FN/c1-20-10-13(11-4-2-6-14(17)9-11)8-12-5-3-7-15(19)16(12)18/h2-7,9,13,20H,8,10H2,1H3. The van der Waals surface area contributed by atoms with Crippen molar-refractivity contribution in [3.05, 3.63) is 68.4 Å². The Morgan fingerprint density at radius 1 is 1.15 bits per heavy atom. The van der Waals surface area contributed by atoms with Crippen molar-refractivity contribution >= 4 is 31.9 Å². The van der Waals surface area contributed by atoms with Crippen LogP contribution in [0, 0.1) is 5.82 Å². The van der Waals surface area contributed by atoms with Crippen molar-refractivity contribution in [2.75, 3.05) is 13.6 Å². The van der Waals surface area contributed by atoms with Gasteiger partial charge in [0.2, 0.25) is 0 Å². The molecule has 1 unspecified atom stereocenters. The van der Waals surface area contributed by atoms with E-state index in [9.17, 15) is 4.39 Å². The van der Waals surface area contributed by atoms with E-state index in [1.54, 1.807) is 6.07 Å². The monoisotopic (exact) mass is 399 g/mol. The molecule has 106 valence electrons. The van der Waals surface area contributed by atoms with Crippen LogP contribution in [0.3, 0.4) is 0 Å². The number of halogens is 3. The minimum atomic E-state index is -0.208. The fourth-order valence-electron chi connectivity index (χ4n) is 2.29. The van der Waals surface area contributed by atoms with Gasteiger partial charge in [-0.3, -0.25) is 0 Å². The molecule has 1 atom stereocenters. The smallest absolute Gasteiger partial charge is 0.137 e. The van der Waals surface area contributed by atoms with Crippen LogP contribution in [0.15, 0.2) is 51.4 Å². The van der Waals surface area contributed by atoms with Gasteiger partial charge in [0.1, 0.15) is 5.82 Å². The van der Waals surface area contributed by atoms with Crippen LogP contribution >= 0.6 is 31.9 Å². The molecule has 0 amide bonds. The van der Waals surface area contributed by atoms with E-state index in [4.69, 9.17) is 0 Å². The van der Waals surface area contributed by atoms with Crippen LogP contribution in [-0.2, 0) is 6.42 Å². The van der Waals surface area contributed by atoms with E-state index in [0.29, 0.717) is 10.4 Å². The lowest BCUT2D eigenvalue weighted by Crippen LogP contribution is -2.19. The highest BCUT2D eigenvalue weighted by atomic mass is 79.9. The first-order valence-electron chi connectivity index (χ1n) is 6.44. The zero-order chi connectivity index (χ0) is 14.5. The lowest BCUT2D eigenvalue weighted by atomic mass is 9.92. The van der Waals surface area contributed by atoms with Crippen molar-refractivity contribution in [1.29, 1.82) is 0 Å². The van der Waals surface area contributed by atoms with Crippen LogP contribution in [0.25, 0.3) is 0 Å². The van der Waals surface area contributed by atoms with Crippen molar-refractivity contribution in [3.8, 4) is 0 Å². The Morgan fingerprint density at radius 2 is 1.90 bits per heavy atom. The average molecular weight is 401 g/mol. The summed E-state index contributed by atoms with van der Waals surface area (Å²) < 4.78 is 15.2. The summed E-state index contributed by atoms with van der Waals surface area (Å²) in [5.74, 6) is 0.0931. The average Bonchev–Trinajstić information content (AvgIpc) is 2.43. The molecule has 0 heterocycles. The van der Waals surface area contributed by atoms with Gasteiger partial charge in [-0.05, 0) is 58.7 Å². The largest absolute Gasteiger partial charge is 0.319 e. The van der Waals surface area contributed by atoms with Gasteiger partial charge < -0.3 is 5.32 Å². The van der Waals surface area contributed by atoms with Crippen molar-refractivity contribution in [2.45, 2.75) is 12.3 Å². The predicted molar refractivity (Wildman–Crippen MR) is 88.6 cm³/mol. The lowest BCUT2D eigenvalue weighted by molar-refractivity contribution is 0.602. The zero-order valence-corrected chi connectivity index (χ0v) is 14.3. The third-order valence-electron chi connectivity index (χ3n) is 3.27. The van der Waals surface area contributed by atoms with Crippen molar-refractivity contribution in [1.82, 2.24) is 5.32 Å². The molecule has 0 saturated carbocycles. The Bertz CT molecular complexity index is 586. The molecule has 0 aliphatic carbocycles. The van der Waals surface area contributed by atoms with Gasteiger partial charge in [0.25, 0.3) is 0 Å². The summed E-state index contributed by atoms with van der Waals surface area (Å²) in [6.45, 7) is 0.847. The highest BCUT2D eigenvalue weighted by Gasteiger charge is 2.15. The van der Waals surface area contributed by atoms with Crippen LogP contribution in [0.5, 0.6) is 0 Å². The molecule has 0 aliphatic rings. The number of rotatable bonds is 5. The predicted octanol–water partition coefficient (Wildman–Crippen LogP) is 4.90. The number of hydrogen-bond acceptors (Lipinski definition) is 1. The molecular formula is C16H16Br2FN. The topological polar surface area (TPSA) is 12.0 Å². The third kappa shape index (κ3) is 3.90. The number of nitrogens with one attached hydrogen (secondary N) is 1. The first kappa shape index (κ1) is 15.7. The van der Waals surface area contributed by atoms with Gasteiger partial charge in [-0.25, -0.2) is 4.39 Å². The molecule has 0 saturated heterocycles. The quantitative estimate of drug-likeness (QED) is 0.752. The lowest BCUT2D eigenvalue weighted by Gasteiger charge is -2.18. The molecule has 0 aromatic heterocycles. The van der Waals surface area contributed by atoms with Crippen molar-refractivity contribution < 1.29 is 4.39 Å². The van der Waals surface area contributed by atoms with Crippen LogP contribution in [0.1, 0.15) is 17.0 Å². The molecule has 2 aromatic carbocycles. The van der Waals surface area contributed by atoms with E-state index < -0.39 is 0 Å². The molecule has 0 bridgehead atoms. The summed E-state index contributed by atoms with van der Waals surface area (Å²) >= 11 is 6.85. The minimum absolute atomic E-state index is 0.208. The highest BCUT2D eigenvalue weighted by molar-refractivity contribution is 9.10. The maximum Gasteiger partial charge on any atom is 0.137 e. The zero-order valence-electron chi connectivity index (χ0n) is 11.2.